The van der Waals surface area contributed by atoms with Gasteiger partial charge in [-0.1, -0.05) is 18.2 Å². The van der Waals surface area contributed by atoms with Gasteiger partial charge in [-0.2, -0.15) is 15.4 Å². The minimum absolute atomic E-state index is 0.220. The summed E-state index contributed by atoms with van der Waals surface area (Å²) in [6.45, 7) is 2.33. The molecule has 92 valence electrons. The third-order valence-corrected chi connectivity index (χ3v) is 3.00. The van der Waals surface area contributed by atoms with Crippen molar-refractivity contribution in [2.75, 3.05) is 0 Å². The van der Waals surface area contributed by atoms with Gasteiger partial charge in [-0.15, -0.1) is 0 Å². The Morgan fingerprint density at radius 3 is 3.06 bits per heavy atom. The van der Waals surface area contributed by atoms with Crippen LogP contribution in [0.2, 0.25) is 0 Å². The fraction of sp³-hybridized carbons (Fsp3) is 0.250. The second-order valence-electron chi connectivity index (χ2n) is 4.24. The van der Waals surface area contributed by atoms with Crippen LogP contribution in [0.1, 0.15) is 27.2 Å². The molecule has 0 saturated heterocycles. The lowest BCUT2D eigenvalue weighted by Gasteiger charge is -2.05. The number of H-pyrrole nitrogens is 1. The molecule has 0 saturated carbocycles. The summed E-state index contributed by atoms with van der Waals surface area (Å²) in [6, 6.07) is 6.26. The molecule has 1 aliphatic rings. The Bertz CT molecular complexity index is 564. The molecular formula is C12H13N5O. The second-order valence-corrected chi connectivity index (χ2v) is 4.24. The van der Waals surface area contributed by atoms with Crippen molar-refractivity contribution < 1.29 is 4.79 Å². The molecule has 3 N–H and O–H groups in total. The molecule has 0 unspecified atom stereocenters. The highest BCUT2D eigenvalue weighted by atomic mass is 16.1. The van der Waals surface area contributed by atoms with E-state index in [1.165, 1.54) is 17.3 Å². The summed E-state index contributed by atoms with van der Waals surface area (Å²) in [7, 11) is 0. The van der Waals surface area contributed by atoms with E-state index in [0.717, 1.165) is 18.7 Å². The fourth-order valence-electron chi connectivity index (χ4n) is 2.04. The molecule has 1 aromatic carbocycles. The van der Waals surface area contributed by atoms with Gasteiger partial charge in [0.05, 0.1) is 6.20 Å². The van der Waals surface area contributed by atoms with Gasteiger partial charge in [0.1, 0.15) is 0 Å². The third-order valence-electron chi connectivity index (χ3n) is 3.00. The Labute approximate surface area is 104 Å². The molecule has 0 aliphatic carbocycles. The lowest BCUT2D eigenvalue weighted by Crippen LogP contribution is -2.23. The van der Waals surface area contributed by atoms with E-state index in [4.69, 9.17) is 0 Å². The molecule has 1 aromatic heterocycles. The molecule has 1 aliphatic heterocycles. The van der Waals surface area contributed by atoms with E-state index in [1.807, 2.05) is 6.07 Å². The Balaban J connectivity index is 1.65. The van der Waals surface area contributed by atoms with Gasteiger partial charge in [0.25, 0.3) is 5.91 Å². The van der Waals surface area contributed by atoms with Crippen molar-refractivity contribution in [1.29, 1.82) is 0 Å². The summed E-state index contributed by atoms with van der Waals surface area (Å²) in [5.74, 6) is -0.220. The molecule has 6 heteroatoms. The summed E-state index contributed by atoms with van der Waals surface area (Å²) in [4.78, 5) is 11.7. The molecule has 3 rings (SSSR count). The average molecular weight is 243 g/mol. The normalized spacial score (nSPS) is 13.3. The second kappa shape index (κ2) is 4.58. The Kier molecular flexibility index (Phi) is 2.77. The van der Waals surface area contributed by atoms with Crippen LogP contribution in [0.5, 0.6) is 0 Å². The maximum Gasteiger partial charge on any atom is 0.273 e. The SMILES string of the molecule is O=C(NCc1ccc2c(c1)CNC2)c1cn[nH]n1. The number of carbonyl (C=O) groups excluding carboxylic acids is 1. The van der Waals surface area contributed by atoms with E-state index in [9.17, 15) is 4.79 Å². The largest absolute Gasteiger partial charge is 0.347 e. The van der Waals surface area contributed by atoms with Crippen molar-refractivity contribution >= 4 is 5.91 Å². The zero-order chi connectivity index (χ0) is 12.4. The Morgan fingerprint density at radius 1 is 1.33 bits per heavy atom. The molecule has 0 atom stereocenters. The number of rotatable bonds is 3. The molecule has 1 amide bonds. The molecule has 6 nitrogen and oxygen atoms in total. The molecule has 2 heterocycles. The highest BCUT2D eigenvalue weighted by Crippen LogP contribution is 2.16. The minimum atomic E-state index is -0.220. The number of hydrogen-bond acceptors (Lipinski definition) is 4. The summed E-state index contributed by atoms with van der Waals surface area (Å²) in [5.41, 5.74) is 4.04. The van der Waals surface area contributed by atoms with Crippen molar-refractivity contribution in [3.63, 3.8) is 0 Å². The topological polar surface area (TPSA) is 82.7 Å². The average Bonchev–Trinajstić information content (AvgIpc) is 3.05. The van der Waals surface area contributed by atoms with E-state index in [1.54, 1.807) is 0 Å². The first-order valence-electron chi connectivity index (χ1n) is 5.78. The molecule has 0 bridgehead atoms. The maximum absolute atomic E-state index is 11.7. The fourth-order valence-corrected chi connectivity index (χ4v) is 2.04. The first-order valence-corrected chi connectivity index (χ1v) is 5.78. The van der Waals surface area contributed by atoms with Crippen LogP contribution in [0.3, 0.4) is 0 Å². The monoisotopic (exact) mass is 243 g/mol. The van der Waals surface area contributed by atoms with Crippen LogP contribution in [-0.2, 0) is 19.6 Å². The molecule has 18 heavy (non-hydrogen) atoms. The minimum Gasteiger partial charge on any atom is -0.347 e. The Hall–Kier alpha value is -2.21. The summed E-state index contributed by atoms with van der Waals surface area (Å²) in [5, 5.41) is 15.8. The van der Waals surface area contributed by atoms with Gasteiger partial charge in [-0.25, -0.2) is 0 Å². The van der Waals surface area contributed by atoms with Crippen molar-refractivity contribution in [2.45, 2.75) is 19.6 Å². The number of carbonyl (C=O) groups is 1. The van der Waals surface area contributed by atoms with E-state index in [2.05, 4.69) is 38.2 Å². The third kappa shape index (κ3) is 2.10. The standard InChI is InChI=1S/C12H13N5O/c18-12(11-7-15-17-16-11)14-4-8-1-2-9-5-13-6-10(9)3-8/h1-3,7,13H,4-6H2,(H,14,18)(H,15,16,17). The van der Waals surface area contributed by atoms with E-state index < -0.39 is 0 Å². The van der Waals surface area contributed by atoms with Crippen LogP contribution in [0.25, 0.3) is 0 Å². The van der Waals surface area contributed by atoms with Crippen molar-refractivity contribution in [1.82, 2.24) is 26.0 Å². The Morgan fingerprint density at radius 2 is 2.22 bits per heavy atom. The van der Waals surface area contributed by atoms with Gasteiger partial charge in [-0.3, -0.25) is 4.79 Å². The summed E-state index contributed by atoms with van der Waals surface area (Å²) < 4.78 is 0. The highest BCUT2D eigenvalue weighted by Gasteiger charge is 2.11. The van der Waals surface area contributed by atoms with Crippen LogP contribution in [-0.4, -0.2) is 21.3 Å². The van der Waals surface area contributed by atoms with Gasteiger partial charge in [0.2, 0.25) is 0 Å². The molecule has 0 fully saturated rings. The molecule has 0 spiro atoms. The first kappa shape index (κ1) is 10.9. The number of fused-ring (bicyclic) bond motifs is 1. The van der Waals surface area contributed by atoms with Crippen LogP contribution in [0, 0.1) is 0 Å². The zero-order valence-corrected chi connectivity index (χ0v) is 9.73. The van der Waals surface area contributed by atoms with Gasteiger partial charge in [0, 0.05) is 19.6 Å². The zero-order valence-electron chi connectivity index (χ0n) is 9.73. The number of aromatic nitrogens is 3. The number of benzene rings is 1. The first-order chi connectivity index (χ1) is 8.83. The van der Waals surface area contributed by atoms with E-state index in [0.29, 0.717) is 12.2 Å². The predicted octanol–water partition coefficient (Wildman–Crippen LogP) is 0.338. The predicted molar refractivity (Wildman–Crippen MR) is 64.5 cm³/mol. The number of hydrogen-bond donors (Lipinski definition) is 3. The van der Waals surface area contributed by atoms with Gasteiger partial charge < -0.3 is 10.6 Å². The number of amides is 1. The highest BCUT2D eigenvalue weighted by molar-refractivity contribution is 5.91. The molecular weight excluding hydrogens is 230 g/mol. The van der Waals surface area contributed by atoms with Crippen LogP contribution < -0.4 is 10.6 Å². The smallest absolute Gasteiger partial charge is 0.273 e. The van der Waals surface area contributed by atoms with Crippen molar-refractivity contribution in [3.8, 4) is 0 Å². The lowest BCUT2D eigenvalue weighted by molar-refractivity contribution is 0.0946. The van der Waals surface area contributed by atoms with Crippen molar-refractivity contribution in [2.24, 2.45) is 0 Å². The van der Waals surface area contributed by atoms with E-state index >= 15 is 0 Å². The molecule has 0 radical (unpaired) electrons. The van der Waals surface area contributed by atoms with Gasteiger partial charge >= 0.3 is 0 Å². The number of nitrogens with one attached hydrogen (secondary N) is 3. The molecule has 2 aromatic rings. The van der Waals surface area contributed by atoms with Gasteiger partial charge in [0.15, 0.2) is 5.69 Å². The lowest BCUT2D eigenvalue weighted by atomic mass is 10.1. The van der Waals surface area contributed by atoms with Crippen LogP contribution in [0.15, 0.2) is 24.4 Å². The summed E-state index contributed by atoms with van der Waals surface area (Å²) >= 11 is 0. The number of aromatic amines is 1. The number of nitrogens with zero attached hydrogens (tertiary/aromatic N) is 2. The summed E-state index contributed by atoms with van der Waals surface area (Å²) in [6.07, 6.45) is 1.40. The van der Waals surface area contributed by atoms with Crippen molar-refractivity contribution in [3.05, 3.63) is 46.8 Å². The van der Waals surface area contributed by atoms with Gasteiger partial charge in [-0.05, 0) is 16.7 Å². The van der Waals surface area contributed by atoms with E-state index in [-0.39, 0.29) is 5.91 Å². The quantitative estimate of drug-likeness (QED) is 0.726. The van der Waals surface area contributed by atoms with Crippen LogP contribution in [0.4, 0.5) is 0 Å². The van der Waals surface area contributed by atoms with Crippen LogP contribution >= 0.6 is 0 Å². The maximum atomic E-state index is 11.7.